The first-order chi connectivity index (χ1) is 9.03. The summed E-state index contributed by atoms with van der Waals surface area (Å²) in [5.74, 6) is -0.665. The van der Waals surface area contributed by atoms with Crippen LogP contribution in [0.3, 0.4) is 0 Å². The molecule has 0 amide bonds. The predicted octanol–water partition coefficient (Wildman–Crippen LogP) is 1.65. The van der Waals surface area contributed by atoms with Crippen molar-refractivity contribution in [1.82, 2.24) is 4.98 Å². The van der Waals surface area contributed by atoms with Crippen molar-refractivity contribution in [2.45, 2.75) is 17.2 Å². The highest BCUT2D eigenvalue weighted by molar-refractivity contribution is 7.90. The van der Waals surface area contributed by atoms with Crippen LogP contribution in [-0.4, -0.2) is 13.4 Å². The summed E-state index contributed by atoms with van der Waals surface area (Å²) in [7, 11) is -3.52. The largest absolute Gasteiger partial charge is 0.325 e. The molecule has 0 fully saturated rings. The number of hydrogen-bond donors (Lipinski definition) is 1. The first-order valence-electron chi connectivity index (χ1n) is 5.64. The van der Waals surface area contributed by atoms with E-state index in [9.17, 15) is 12.8 Å². The summed E-state index contributed by atoms with van der Waals surface area (Å²) >= 11 is 0. The Morgan fingerprint density at radius 3 is 2.47 bits per heavy atom. The molecule has 0 aliphatic rings. The molecule has 2 aromatic rings. The quantitative estimate of drug-likeness (QED) is 0.864. The van der Waals surface area contributed by atoms with E-state index in [2.05, 4.69) is 4.98 Å². The Balaban J connectivity index is 2.34. The number of sulfone groups is 1. The molecule has 2 rings (SSSR count). The monoisotopic (exact) mass is 280 g/mol. The molecule has 4 nitrogen and oxygen atoms in total. The Kier molecular flexibility index (Phi) is 3.92. The van der Waals surface area contributed by atoms with Gasteiger partial charge in [-0.25, -0.2) is 12.8 Å². The Morgan fingerprint density at radius 1 is 1.16 bits per heavy atom. The minimum absolute atomic E-state index is 0.0840. The normalized spacial score (nSPS) is 11.5. The van der Waals surface area contributed by atoms with Crippen LogP contribution in [0.25, 0.3) is 0 Å². The highest BCUT2D eigenvalue weighted by Crippen LogP contribution is 2.18. The number of rotatable bonds is 4. The van der Waals surface area contributed by atoms with Gasteiger partial charge >= 0.3 is 0 Å². The third-order valence-corrected chi connectivity index (χ3v) is 4.38. The number of hydrogen-bond acceptors (Lipinski definition) is 4. The average molecular weight is 280 g/mol. The Bertz CT molecular complexity index is 669. The summed E-state index contributed by atoms with van der Waals surface area (Å²) in [4.78, 5) is 4.12. The number of halogens is 1. The fourth-order valence-electron chi connectivity index (χ4n) is 1.72. The second-order valence-electron chi connectivity index (χ2n) is 4.03. The van der Waals surface area contributed by atoms with E-state index in [1.807, 2.05) is 0 Å². The van der Waals surface area contributed by atoms with Gasteiger partial charge < -0.3 is 5.73 Å². The smallest absolute Gasteiger partial charge is 0.182 e. The van der Waals surface area contributed by atoms with Gasteiger partial charge in [0.15, 0.2) is 9.84 Å². The van der Waals surface area contributed by atoms with Crippen LogP contribution in [0.1, 0.15) is 11.3 Å². The van der Waals surface area contributed by atoms with Crippen LogP contribution < -0.4 is 5.73 Å². The van der Waals surface area contributed by atoms with E-state index in [4.69, 9.17) is 5.73 Å². The summed E-state index contributed by atoms with van der Waals surface area (Å²) in [6, 6.07) is 8.09. The molecule has 0 aliphatic carbocycles. The first-order valence-corrected chi connectivity index (χ1v) is 7.29. The highest BCUT2D eigenvalue weighted by Gasteiger charge is 2.17. The number of aromatic nitrogens is 1. The Hall–Kier alpha value is -1.79. The molecule has 0 unspecified atom stereocenters. The molecule has 1 aromatic carbocycles. The molecular formula is C13H13FN2O2S. The second kappa shape index (κ2) is 5.46. The van der Waals surface area contributed by atoms with Gasteiger partial charge in [-0.2, -0.15) is 0 Å². The van der Waals surface area contributed by atoms with Crippen molar-refractivity contribution < 1.29 is 12.8 Å². The topological polar surface area (TPSA) is 73.0 Å². The van der Waals surface area contributed by atoms with E-state index in [0.717, 1.165) is 12.1 Å². The zero-order valence-corrected chi connectivity index (χ0v) is 10.9. The third kappa shape index (κ3) is 3.15. The fourth-order valence-corrected chi connectivity index (χ4v) is 3.11. The van der Waals surface area contributed by atoms with Crippen molar-refractivity contribution in [3.8, 4) is 0 Å². The van der Waals surface area contributed by atoms with Crippen LogP contribution >= 0.6 is 0 Å². The van der Waals surface area contributed by atoms with E-state index in [1.54, 1.807) is 18.3 Å². The van der Waals surface area contributed by atoms with Crippen molar-refractivity contribution in [3.63, 3.8) is 0 Å². The molecule has 0 spiro atoms. The van der Waals surface area contributed by atoms with Gasteiger partial charge in [0, 0.05) is 12.7 Å². The molecule has 0 saturated carbocycles. The summed E-state index contributed by atoms with van der Waals surface area (Å²) in [6.07, 6.45) is 1.57. The van der Waals surface area contributed by atoms with Crippen LogP contribution in [0, 0.1) is 5.82 Å². The van der Waals surface area contributed by atoms with E-state index in [-0.39, 0.29) is 17.2 Å². The molecule has 0 aliphatic heterocycles. The summed E-state index contributed by atoms with van der Waals surface area (Å²) in [6.45, 7) is 0.176. The lowest BCUT2D eigenvalue weighted by Gasteiger charge is -2.08. The lowest BCUT2D eigenvalue weighted by atomic mass is 10.2. The molecule has 2 N–H and O–H groups in total. The van der Waals surface area contributed by atoms with Gasteiger partial charge in [0.25, 0.3) is 0 Å². The molecule has 19 heavy (non-hydrogen) atoms. The lowest BCUT2D eigenvalue weighted by molar-refractivity contribution is 0.593. The van der Waals surface area contributed by atoms with E-state index >= 15 is 0 Å². The molecule has 0 atom stereocenters. The molecule has 0 bridgehead atoms. The van der Waals surface area contributed by atoms with Gasteiger partial charge in [-0.15, -0.1) is 0 Å². The average Bonchev–Trinajstić information content (AvgIpc) is 2.39. The van der Waals surface area contributed by atoms with Crippen molar-refractivity contribution in [2.24, 2.45) is 5.73 Å². The third-order valence-electron chi connectivity index (χ3n) is 2.70. The van der Waals surface area contributed by atoms with Crippen LogP contribution in [0.2, 0.25) is 0 Å². The van der Waals surface area contributed by atoms with Gasteiger partial charge in [-0.1, -0.05) is 6.07 Å². The standard InChI is InChI=1S/C13H13FN2O2S/c14-11-3-5-12(6-4-11)19(17,18)9-10-2-1-7-16-13(10)8-15/h1-7H,8-9,15H2. The van der Waals surface area contributed by atoms with Crippen molar-refractivity contribution >= 4 is 9.84 Å². The van der Waals surface area contributed by atoms with E-state index in [1.165, 1.54) is 12.1 Å². The van der Waals surface area contributed by atoms with Gasteiger partial charge in [-0.3, -0.25) is 4.98 Å². The van der Waals surface area contributed by atoms with Crippen molar-refractivity contribution in [3.05, 3.63) is 59.7 Å². The molecule has 0 radical (unpaired) electrons. The van der Waals surface area contributed by atoms with E-state index < -0.39 is 15.7 Å². The molecule has 100 valence electrons. The highest BCUT2D eigenvalue weighted by atomic mass is 32.2. The number of pyridine rings is 1. The maximum Gasteiger partial charge on any atom is 0.182 e. The number of nitrogens with two attached hydrogens (primary N) is 1. The molecular weight excluding hydrogens is 267 g/mol. The Morgan fingerprint density at radius 2 is 1.84 bits per heavy atom. The maximum absolute atomic E-state index is 12.8. The Labute approximate surface area is 111 Å². The summed E-state index contributed by atoms with van der Waals surface area (Å²) in [5, 5.41) is 0. The molecule has 6 heteroatoms. The number of benzene rings is 1. The van der Waals surface area contributed by atoms with Crippen LogP contribution in [0.4, 0.5) is 4.39 Å². The SMILES string of the molecule is NCc1ncccc1CS(=O)(=O)c1ccc(F)cc1. The van der Waals surface area contributed by atoms with Gasteiger partial charge in [0.05, 0.1) is 16.3 Å². The number of nitrogens with zero attached hydrogens (tertiary/aromatic N) is 1. The van der Waals surface area contributed by atoms with Crippen LogP contribution in [0.15, 0.2) is 47.5 Å². The second-order valence-corrected chi connectivity index (χ2v) is 6.02. The first kappa shape index (κ1) is 13.6. The fraction of sp³-hybridized carbons (Fsp3) is 0.154. The van der Waals surface area contributed by atoms with Gasteiger partial charge in [-0.05, 0) is 35.9 Å². The minimum Gasteiger partial charge on any atom is -0.325 e. The van der Waals surface area contributed by atoms with Crippen LogP contribution in [-0.2, 0) is 22.1 Å². The van der Waals surface area contributed by atoms with Gasteiger partial charge in [0.2, 0.25) is 0 Å². The molecule has 0 saturated heterocycles. The maximum atomic E-state index is 12.8. The lowest BCUT2D eigenvalue weighted by Crippen LogP contribution is -2.10. The summed E-state index contributed by atoms with van der Waals surface area (Å²) in [5.41, 5.74) is 6.63. The van der Waals surface area contributed by atoms with Gasteiger partial charge in [0.1, 0.15) is 5.82 Å². The predicted molar refractivity (Wildman–Crippen MR) is 69.4 cm³/mol. The van der Waals surface area contributed by atoms with E-state index in [0.29, 0.717) is 11.3 Å². The molecule has 1 heterocycles. The minimum atomic E-state index is -3.52. The van der Waals surface area contributed by atoms with Crippen LogP contribution in [0.5, 0.6) is 0 Å². The zero-order valence-electron chi connectivity index (χ0n) is 10.1. The van der Waals surface area contributed by atoms with Crippen molar-refractivity contribution in [2.75, 3.05) is 0 Å². The zero-order chi connectivity index (χ0) is 13.9. The summed E-state index contributed by atoms with van der Waals surface area (Å²) < 4.78 is 37.2. The molecule has 1 aromatic heterocycles. The van der Waals surface area contributed by atoms with Crippen molar-refractivity contribution in [1.29, 1.82) is 0 Å².